The van der Waals surface area contributed by atoms with E-state index in [0.717, 1.165) is 18.9 Å². The standard InChI is InChI=1S/C16H34O6Si/c1-7-14(22-16(9-3)19-12-11-13-20-16)21-15(8-2)23(10-4,17-5)18-6/h14-15H,7-13H2,1-6H3. The molecule has 138 valence electrons. The van der Waals surface area contributed by atoms with Crippen molar-refractivity contribution in [2.24, 2.45) is 0 Å². The molecule has 1 heterocycles. The van der Waals surface area contributed by atoms with E-state index in [4.69, 9.17) is 27.8 Å². The summed E-state index contributed by atoms with van der Waals surface area (Å²) < 4.78 is 35.3. The second kappa shape index (κ2) is 10.1. The topological polar surface area (TPSA) is 55.4 Å². The average molecular weight is 351 g/mol. The summed E-state index contributed by atoms with van der Waals surface area (Å²) in [4.78, 5) is 0. The molecule has 0 N–H and O–H groups in total. The molecule has 23 heavy (non-hydrogen) atoms. The first-order valence-corrected chi connectivity index (χ1v) is 10.9. The fourth-order valence-electron chi connectivity index (χ4n) is 2.88. The first-order chi connectivity index (χ1) is 11.0. The molecule has 0 aromatic heterocycles. The molecule has 1 fully saturated rings. The first kappa shape index (κ1) is 21.0. The lowest BCUT2D eigenvalue weighted by molar-refractivity contribution is -0.436. The van der Waals surface area contributed by atoms with E-state index in [9.17, 15) is 0 Å². The minimum Gasteiger partial charge on any atom is -0.396 e. The molecule has 6 nitrogen and oxygen atoms in total. The Morgan fingerprint density at radius 1 is 1.00 bits per heavy atom. The molecular weight excluding hydrogens is 316 g/mol. The minimum atomic E-state index is -2.41. The van der Waals surface area contributed by atoms with Gasteiger partial charge in [-0.1, -0.05) is 27.7 Å². The molecular formula is C16H34O6Si. The lowest BCUT2D eigenvalue weighted by atomic mass is 10.3. The molecule has 0 spiro atoms. The summed E-state index contributed by atoms with van der Waals surface area (Å²) in [6.07, 6.45) is 2.60. The molecule has 2 atom stereocenters. The molecule has 0 aromatic rings. The largest absolute Gasteiger partial charge is 0.396 e. The van der Waals surface area contributed by atoms with Gasteiger partial charge >= 0.3 is 8.56 Å². The number of hydrogen-bond donors (Lipinski definition) is 0. The van der Waals surface area contributed by atoms with E-state index in [0.29, 0.717) is 26.1 Å². The van der Waals surface area contributed by atoms with E-state index < -0.39 is 20.8 Å². The van der Waals surface area contributed by atoms with Crippen molar-refractivity contribution in [3.63, 3.8) is 0 Å². The maximum atomic E-state index is 6.25. The molecule has 7 heteroatoms. The highest BCUT2D eigenvalue weighted by molar-refractivity contribution is 6.68. The van der Waals surface area contributed by atoms with E-state index in [1.54, 1.807) is 14.2 Å². The van der Waals surface area contributed by atoms with Crippen LogP contribution in [-0.2, 0) is 27.8 Å². The smallest absolute Gasteiger partial charge is 0.367 e. The fraction of sp³-hybridized carbons (Fsp3) is 1.00. The van der Waals surface area contributed by atoms with Crippen molar-refractivity contribution in [1.82, 2.24) is 0 Å². The predicted octanol–water partition coefficient (Wildman–Crippen LogP) is 3.33. The molecule has 0 aromatic carbocycles. The normalized spacial score (nSPS) is 21.1. The van der Waals surface area contributed by atoms with Crippen LogP contribution in [0.2, 0.25) is 6.04 Å². The zero-order chi connectivity index (χ0) is 17.3. The van der Waals surface area contributed by atoms with Crippen LogP contribution in [-0.4, -0.2) is 54.0 Å². The highest BCUT2D eigenvalue weighted by atomic mass is 28.4. The summed E-state index contributed by atoms with van der Waals surface area (Å²) in [5.74, 6) is -0.992. The minimum absolute atomic E-state index is 0.107. The first-order valence-electron chi connectivity index (χ1n) is 8.76. The van der Waals surface area contributed by atoms with E-state index in [1.807, 2.05) is 13.8 Å². The molecule has 1 rings (SSSR count). The van der Waals surface area contributed by atoms with Gasteiger partial charge in [-0.15, -0.1) is 0 Å². The van der Waals surface area contributed by atoms with Crippen molar-refractivity contribution in [2.45, 2.75) is 77.4 Å². The van der Waals surface area contributed by atoms with Crippen molar-refractivity contribution < 1.29 is 27.8 Å². The van der Waals surface area contributed by atoms with Crippen molar-refractivity contribution >= 4 is 8.56 Å². The SMILES string of the molecule is CCC(OC(CC)[Si](CC)(OC)OC)OC1(CC)OCCCO1. The average Bonchev–Trinajstić information content (AvgIpc) is 2.62. The van der Waals surface area contributed by atoms with Gasteiger partial charge in [0.05, 0.1) is 13.2 Å². The number of hydrogen-bond acceptors (Lipinski definition) is 6. The Balaban J connectivity index is 2.79. The van der Waals surface area contributed by atoms with Gasteiger partial charge in [0.2, 0.25) is 0 Å². The van der Waals surface area contributed by atoms with Gasteiger partial charge in [-0.3, -0.25) is 4.74 Å². The van der Waals surface area contributed by atoms with Crippen molar-refractivity contribution in [2.75, 3.05) is 27.4 Å². The van der Waals surface area contributed by atoms with Crippen LogP contribution < -0.4 is 0 Å². The third-order valence-corrected chi connectivity index (χ3v) is 8.26. The van der Waals surface area contributed by atoms with Gasteiger partial charge in [0, 0.05) is 20.6 Å². The summed E-state index contributed by atoms with van der Waals surface area (Å²) in [5, 5.41) is 0. The summed E-state index contributed by atoms with van der Waals surface area (Å²) >= 11 is 0. The number of ether oxygens (including phenoxy) is 4. The summed E-state index contributed by atoms with van der Waals surface area (Å²) in [6.45, 7) is 9.46. The van der Waals surface area contributed by atoms with Gasteiger partial charge in [0.15, 0.2) is 6.29 Å². The highest BCUT2D eigenvalue weighted by Gasteiger charge is 2.45. The monoisotopic (exact) mass is 350 g/mol. The van der Waals surface area contributed by atoms with Crippen molar-refractivity contribution in [3.05, 3.63) is 0 Å². The molecule has 0 bridgehead atoms. The summed E-state index contributed by atoms with van der Waals surface area (Å²) in [5.41, 5.74) is -0.107. The summed E-state index contributed by atoms with van der Waals surface area (Å²) in [6, 6.07) is 0.820. The Bertz CT molecular complexity index is 309. The van der Waals surface area contributed by atoms with Crippen LogP contribution >= 0.6 is 0 Å². The third kappa shape index (κ3) is 5.22. The molecule has 1 aliphatic heterocycles. The van der Waals surface area contributed by atoms with Gasteiger partial charge in [0.25, 0.3) is 5.97 Å². The molecule has 0 radical (unpaired) electrons. The predicted molar refractivity (Wildman–Crippen MR) is 90.1 cm³/mol. The maximum Gasteiger partial charge on any atom is 0.367 e. The van der Waals surface area contributed by atoms with Crippen LogP contribution in [0.15, 0.2) is 0 Å². The van der Waals surface area contributed by atoms with E-state index in [-0.39, 0.29) is 5.73 Å². The van der Waals surface area contributed by atoms with Crippen LogP contribution in [0.1, 0.15) is 53.4 Å². The third-order valence-electron chi connectivity index (χ3n) is 4.37. The van der Waals surface area contributed by atoms with Crippen LogP contribution in [0.3, 0.4) is 0 Å². The van der Waals surface area contributed by atoms with Crippen LogP contribution in [0.25, 0.3) is 0 Å². The zero-order valence-electron chi connectivity index (χ0n) is 15.6. The van der Waals surface area contributed by atoms with Gasteiger partial charge in [-0.05, 0) is 25.3 Å². The lowest BCUT2D eigenvalue weighted by Gasteiger charge is -2.40. The quantitative estimate of drug-likeness (QED) is 0.421. The van der Waals surface area contributed by atoms with E-state index in [2.05, 4.69) is 13.8 Å². The second-order valence-electron chi connectivity index (χ2n) is 5.65. The second-order valence-corrected chi connectivity index (χ2v) is 9.44. The molecule has 0 aliphatic carbocycles. The van der Waals surface area contributed by atoms with Gasteiger partial charge in [-0.2, -0.15) is 0 Å². The van der Waals surface area contributed by atoms with Crippen LogP contribution in [0.5, 0.6) is 0 Å². The zero-order valence-corrected chi connectivity index (χ0v) is 16.6. The fourth-order valence-corrected chi connectivity index (χ4v) is 5.58. The molecule has 1 saturated heterocycles. The Hall–Kier alpha value is -0.0231. The number of rotatable bonds is 11. The van der Waals surface area contributed by atoms with E-state index >= 15 is 0 Å². The van der Waals surface area contributed by atoms with Gasteiger partial charge in [-0.25, -0.2) is 0 Å². The summed E-state index contributed by atoms with van der Waals surface area (Å²) in [7, 11) is 0.995. The Morgan fingerprint density at radius 3 is 2.00 bits per heavy atom. The Kier molecular flexibility index (Phi) is 9.21. The van der Waals surface area contributed by atoms with Crippen molar-refractivity contribution in [1.29, 1.82) is 0 Å². The van der Waals surface area contributed by atoms with Crippen LogP contribution in [0.4, 0.5) is 0 Å². The molecule has 2 unspecified atom stereocenters. The van der Waals surface area contributed by atoms with Crippen molar-refractivity contribution in [3.8, 4) is 0 Å². The Morgan fingerprint density at radius 2 is 1.61 bits per heavy atom. The molecule has 0 amide bonds. The molecule has 0 saturated carbocycles. The Labute approximate surface area is 142 Å². The highest BCUT2D eigenvalue weighted by Crippen LogP contribution is 2.29. The van der Waals surface area contributed by atoms with E-state index in [1.165, 1.54) is 0 Å². The van der Waals surface area contributed by atoms with Crippen LogP contribution in [0, 0.1) is 0 Å². The molecule has 1 aliphatic rings. The van der Waals surface area contributed by atoms with Gasteiger partial charge in [0.1, 0.15) is 5.73 Å². The lowest BCUT2D eigenvalue weighted by Crippen LogP contribution is -2.55. The maximum absolute atomic E-state index is 6.25. The van der Waals surface area contributed by atoms with Gasteiger partial charge < -0.3 is 23.1 Å².